The van der Waals surface area contributed by atoms with Crippen molar-refractivity contribution in [3.63, 3.8) is 0 Å². The van der Waals surface area contributed by atoms with Gasteiger partial charge in [-0.2, -0.15) is 4.98 Å². The number of rotatable bonds is 6. The zero-order valence-corrected chi connectivity index (χ0v) is 12.8. The molecular weight excluding hydrogens is 282 g/mol. The molecule has 0 bridgehead atoms. The van der Waals surface area contributed by atoms with Gasteiger partial charge in [0.25, 0.3) is 5.91 Å². The Balaban J connectivity index is 1.94. The summed E-state index contributed by atoms with van der Waals surface area (Å²) in [6.07, 6.45) is 1.35. The van der Waals surface area contributed by atoms with Crippen molar-refractivity contribution in [2.75, 3.05) is 5.73 Å². The Kier molecular flexibility index (Phi) is 4.77. The summed E-state index contributed by atoms with van der Waals surface area (Å²) in [6.45, 7) is 3.77. The molecule has 1 heterocycles. The maximum atomic E-state index is 12.1. The van der Waals surface area contributed by atoms with Crippen molar-refractivity contribution >= 4 is 11.9 Å². The number of nitrogens with zero attached hydrogens (tertiary/aromatic N) is 2. The molecule has 1 amide bonds. The Bertz CT molecular complexity index is 645. The molecule has 0 aliphatic heterocycles. The van der Waals surface area contributed by atoms with Crippen molar-refractivity contribution in [1.29, 1.82) is 0 Å². The zero-order chi connectivity index (χ0) is 16.2. The third kappa shape index (κ3) is 4.85. The Morgan fingerprint density at radius 2 is 2.23 bits per heavy atom. The van der Waals surface area contributed by atoms with Crippen LogP contribution in [0, 0.1) is 0 Å². The summed E-state index contributed by atoms with van der Waals surface area (Å²) in [5, 5.41) is 18.8. The van der Waals surface area contributed by atoms with E-state index in [0.29, 0.717) is 24.2 Å². The molecule has 7 heteroatoms. The van der Waals surface area contributed by atoms with Crippen LogP contribution in [0.4, 0.5) is 5.95 Å². The molecule has 0 spiro atoms. The van der Waals surface area contributed by atoms with Gasteiger partial charge < -0.3 is 16.2 Å². The number of benzene rings is 1. The van der Waals surface area contributed by atoms with Gasteiger partial charge in [-0.1, -0.05) is 12.1 Å². The Hall–Kier alpha value is -2.41. The van der Waals surface area contributed by atoms with Crippen molar-refractivity contribution in [2.24, 2.45) is 0 Å². The fraction of sp³-hybridized carbons (Fsp3) is 0.400. The van der Waals surface area contributed by atoms with Crippen molar-refractivity contribution in [2.45, 2.75) is 38.8 Å². The predicted molar refractivity (Wildman–Crippen MR) is 83.0 cm³/mol. The fourth-order valence-electron chi connectivity index (χ4n) is 1.97. The van der Waals surface area contributed by atoms with Crippen molar-refractivity contribution in [3.05, 3.63) is 41.2 Å². The number of H-pyrrole nitrogens is 1. The highest BCUT2D eigenvalue weighted by molar-refractivity contribution is 5.94. The van der Waals surface area contributed by atoms with Crippen LogP contribution in [0.5, 0.6) is 0 Å². The van der Waals surface area contributed by atoms with E-state index in [1.165, 1.54) is 0 Å². The minimum absolute atomic E-state index is 0.151. The van der Waals surface area contributed by atoms with Crippen LogP contribution in [-0.2, 0) is 13.0 Å². The highest BCUT2D eigenvalue weighted by atomic mass is 16.3. The Morgan fingerprint density at radius 3 is 2.86 bits per heavy atom. The summed E-state index contributed by atoms with van der Waals surface area (Å²) in [4.78, 5) is 16.0. The SMILES string of the molecule is CC(C)(O)CCc1cccc(C(=O)NCc2nc(N)n[nH]2)c1. The van der Waals surface area contributed by atoms with E-state index in [-0.39, 0.29) is 18.4 Å². The van der Waals surface area contributed by atoms with Crippen LogP contribution in [0.3, 0.4) is 0 Å². The Labute approximate surface area is 129 Å². The second kappa shape index (κ2) is 6.57. The third-order valence-corrected chi connectivity index (χ3v) is 3.18. The molecule has 0 radical (unpaired) electrons. The molecule has 1 aromatic carbocycles. The number of aliphatic hydroxyl groups is 1. The van der Waals surface area contributed by atoms with Crippen molar-refractivity contribution in [1.82, 2.24) is 20.5 Å². The molecule has 0 fully saturated rings. The van der Waals surface area contributed by atoms with Gasteiger partial charge in [-0.3, -0.25) is 9.89 Å². The van der Waals surface area contributed by atoms with Gasteiger partial charge in [-0.05, 0) is 44.4 Å². The molecule has 0 saturated heterocycles. The largest absolute Gasteiger partial charge is 0.390 e. The van der Waals surface area contributed by atoms with E-state index in [4.69, 9.17) is 5.73 Å². The van der Waals surface area contributed by atoms with Crippen molar-refractivity contribution < 1.29 is 9.90 Å². The van der Waals surface area contributed by atoms with Gasteiger partial charge in [0.2, 0.25) is 5.95 Å². The molecule has 0 aliphatic carbocycles. The average Bonchev–Trinajstić information content (AvgIpc) is 2.88. The lowest BCUT2D eigenvalue weighted by atomic mass is 9.98. The zero-order valence-electron chi connectivity index (χ0n) is 12.8. The minimum Gasteiger partial charge on any atom is -0.390 e. The smallest absolute Gasteiger partial charge is 0.251 e. The summed E-state index contributed by atoms with van der Waals surface area (Å²) in [6, 6.07) is 7.36. The number of anilines is 1. The predicted octanol–water partition coefficient (Wildman–Crippen LogP) is 1.02. The molecule has 22 heavy (non-hydrogen) atoms. The molecule has 0 saturated carbocycles. The van der Waals surface area contributed by atoms with Crippen LogP contribution >= 0.6 is 0 Å². The average molecular weight is 303 g/mol. The molecule has 118 valence electrons. The number of nitrogens with one attached hydrogen (secondary N) is 2. The summed E-state index contributed by atoms with van der Waals surface area (Å²) >= 11 is 0. The van der Waals surface area contributed by atoms with E-state index in [1.807, 2.05) is 18.2 Å². The molecule has 5 N–H and O–H groups in total. The maximum absolute atomic E-state index is 12.1. The number of amides is 1. The normalized spacial score (nSPS) is 11.4. The number of carbonyl (C=O) groups is 1. The molecule has 0 atom stereocenters. The van der Waals surface area contributed by atoms with Gasteiger partial charge in [0, 0.05) is 5.56 Å². The number of hydrogen-bond acceptors (Lipinski definition) is 5. The van der Waals surface area contributed by atoms with E-state index in [2.05, 4.69) is 20.5 Å². The quantitative estimate of drug-likeness (QED) is 0.635. The third-order valence-electron chi connectivity index (χ3n) is 3.18. The monoisotopic (exact) mass is 303 g/mol. The molecule has 1 aromatic heterocycles. The summed E-state index contributed by atoms with van der Waals surface area (Å²) in [5.41, 5.74) is 6.26. The first-order valence-corrected chi connectivity index (χ1v) is 7.10. The highest BCUT2D eigenvalue weighted by Crippen LogP contribution is 2.14. The van der Waals surface area contributed by atoms with Crippen molar-refractivity contribution in [3.8, 4) is 0 Å². The van der Waals surface area contributed by atoms with Gasteiger partial charge in [0.15, 0.2) is 0 Å². The summed E-state index contributed by atoms with van der Waals surface area (Å²) in [7, 11) is 0. The summed E-state index contributed by atoms with van der Waals surface area (Å²) in [5.74, 6) is 0.460. The lowest BCUT2D eigenvalue weighted by Crippen LogP contribution is -2.23. The van der Waals surface area contributed by atoms with E-state index in [1.54, 1.807) is 19.9 Å². The first-order chi connectivity index (χ1) is 10.3. The molecule has 0 aliphatic rings. The molecular formula is C15H21N5O2. The lowest BCUT2D eigenvalue weighted by Gasteiger charge is -2.16. The number of aromatic amines is 1. The Morgan fingerprint density at radius 1 is 1.45 bits per heavy atom. The number of nitrogens with two attached hydrogens (primary N) is 1. The molecule has 7 nitrogen and oxygen atoms in total. The molecule has 2 aromatic rings. The standard InChI is InChI=1S/C15H21N5O2/c1-15(2,22)7-6-10-4-3-5-11(8-10)13(21)17-9-12-18-14(16)20-19-12/h3-5,8,22H,6-7,9H2,1-2H3,(H,17,21)(H3,16,18,19,20). The number of aromatic nitrogens is 3. The first kappa shape index (κ1) is 16.0. The van der Waals surface area contributed by atoms with Crippen LogP contribution in [0.1, 0.15) is 42.0 Å². The molecule has 0 unspecified atom stereocenters. The van der Waals surface area contributed by atoms with Gasteiger partial charge in [0.05, 0.1) is 12.1 Å². The second-order valence-electron chi connectivity index (χ2n) is 5.84. The van der Waals surface area contributed by atoms with Gasteiger partial charge in [-0.25, -0.2) is 0 Å². The minimum atomic E-state index is -0.718. The molecule has 2 rings (SSSR count). The second-order valence-corrected chi connectivity index (χ2v) is 5.84. The van der Waals surface area contributed by atoms with Crippen LogP contribution in [0.25, 0.3) is 0 Å². The van der Waals surface area contributed by atoms with Crippen LogP contribution in [-0.4, -0.2) is 31.8 Å². The van der Waals surface area contributed by atoms with Gasteiger partial charge in [-0.15, -0.1) is 5.10 Å². The summed E-state index contributed by atoms with van der Waals surface area (Å²) < 4.78 is 0. The topological polar surface area (TPSA) is 117 Å². The number of hydrogen-bond donors (Lipinski definition) is 4. The fourth-order valence-corrected chi connectivity index (χ4v) is 1.97. The van der Waals surface area contributed by atoms with Gasteiger partial charge >= 0.3 is 0 Å². The van der Waals surface area contributed by atoms with E-state index < -0.39 is 5.60 Å². The maximum Gasteiger partial charge on any atom is 0.251 e. The number of aryl methyl sites for hydroxylation is 1. The lowest BCUT2D eigenvalue weighted by molar-refractivity contribution is 0.0714. The number of nitrogen functional groups attached to an aromatic ring is 1. The van der Waals surface area contributed by atoms with Gasteiger partial charge in [0.1, 0.15) is 5.82 Å². The van der Waals surface area contributed by atoms with Crippen LogP contribution in [0.2, 0.25) is 0 Å². The van der Waals surface area contributed by atoms with Crippen LogP contribution in [0.15, 0.2) is 24.3 Å². The van der Waals surface area contributed by atoms with E-state index in [0.717, 1.165) is 5.56 Å². The van der Waals surface area contributed by atoms with E-state index in [9.17, 15) is 9.90 Å². The highest BCUT2D eigenvalue weighted by Gasteiger charge is 2.13. The van der Waals surface area contributed by atoms with E-state index >= 15 is 0 Å². The van der Waals surface area contributed by atoms with Crippen LogP contribution < -0.4 is 11.1 Å². The first-order valence-electron chi connectivity index (χ1n) is 7.10. The number of carbonyl (C=O) groups excluding carboxylic acids is 1.